The molecule has 0 bridgehead atoms. The number of ether oxygens (including phenoxy) is 1. The Morgan fingerprint density at radius 1 is 1.48 bits per heavy atom. The number of nitro groups is 1. The van der Waals surface area contributed by atoms with Crippen LogP contribution in [0.1, 0.15) is 6.42 Å². The average Bonchev–Trinajstić information content (AvgIpc) is 2.44. The SMILES string of the molecule is NN1CCOC(CC(=O)Nc2ccc([N+](=O)[O-])cc2)C1=O. The molecule has 1 fully saturated rings. The summed E-state index contributed by atoms with van der Waals surface area (Å²) in [5.74, 6) is 4.57. The van der Waals surface area contributed by atoms with Gasteiger partial charge in [0.05, 0.1) is 24.5 Å². The average molecular weight is 294 g/mol. The number of nitrogens with zero attached hydrogens (tertiary/aromatic N) is 2. The van der Waals surface area contributed by atoms with Gasteiger partial charge in [-0.25, -0.2) is 5.84 Å². The quantitative estimate of drug-likeness (QED) is 0.349. The summed E-state index contributed by atoms with van der Waals surface area (Å²) in [6, 6.07) is 5.38. The molecule has 3 N–H and O–H groups in total. The van der Waals surface area contributed by atoms with Crippen LogP contribution in [-0.2, 0) is 14.3 Å². The maximum Gasteiger partial charge on any atom is 0.269 e. The van der Waals surface area contributed by atoms with Gasteiger partial charge in [0.15, 0.2) is 0 Å². The highest BCUT2D eigenvalue weighted by Gasteiger charge is 2.29. The lowest BCUT2D eigenvalue weighted by Gasteiger charge is -2.28. The largest absolute Gasteiger partial charge is 0.366 e. The zero-order valence-electron chi connectivity index (χ0n) is 11.0. The van der Waals surface area contributed by atoms with Crippen molar-refractivity contribution in [1.29, 1.82) is 0 Å². The molecule has 1 aromatic carbocycles. The van der Waals surface area contributed by atoms with Crippen molar-refractivity contribution in [2.75, 3.05) is 18.5 Å². The van der Waals surface area contributed by atoms with E-state index in [4.69, 9.17) is 10.6 Å². The van der Waals surface area contributed by atoms with Crippen molar-refractivity contribution in [3.05, 3.63) is 34.4 Å². The molecule has 1 atom stereocenters. The van der Waals surface area contributed by atoms with E-state index in [0.29, 0.717) is 12.2 Å². The summed E-state index contributed by atoms with van der Waals surface area (Å²) in [5.41, 5.74) is 0.330. The third-order valence-electron chi connectivity index (χ3n) is 2.94. The summed E-state index contributed by atoms with van der Waals surface area (Å²) in [6.45, 7) is 0.566. The van der Waals surface area contributed by atoms with Crippen LogP contribution >= 0.6 is 0 Å². The topological polar surface area (TPSA) is 128 Å². The minimum Gasteiger partial charge on any atom is -0.366 e. The predicted molar refractivity (Wildman–Crippen MR) is 72.0 cm³/mol. The molecule has 1 aliphatic rings. The molecule has 112 valence electrons. The molecule has 0 spiro atoms. The van der Waals surface area contributed by atoms with Crippen molar-refractivity contribution < 1.29 is 19.2 Å². The van der Waals surface area contributed by atoms with Gasteiger partial charge in [0.2, 0.25) is 5.91 Å². The van der Waals surface area contributed by atoms with Gasteiger partial charge >= 0.3 is 0 Å². The second-order valence-electron chi connectivity index (χ2n) is 4.45. The number of non-ortho nitro benzene ring substituents is 1. The second kappa shape index (κ2) is 6.29. The van der Waals surface area contributed by atoms with E-state index in [1.54, 1.807) is 0 Å². The molecular weight excluding hydrogens is 280 g/mol. The number of carbonyl (C=O) groups excluding carboxylic acids is 2. The summed E-state index contributed by atoms with van der Waals surface area (Å²) in [4.78, 5) is 33.4. The van der Waals surface area contributed by atoms with Crippen LogP contribution in [0.4, 0.5) is 11.4 Å². The van der Waals surface area contributed by atoms with Crippen LogP contribution in [0.2, 0.25) is 0 Å². The van der Waals surface area contributed by atoms with Crippen LogP contribution < -0.4 is 11.2 Å². The normalized spacial score (nSPS) is 18.4. The molecule has 0 radical (unpaired) electrons. The third kappa shape index (κ3) is 3.74. The van der Waals surface area contributed by atoms with Crippen LogP contribution in [0.15, 0.2) is 24.3 Å². The van der Waals surface area contributed by atoms with Gasteiger partial charge in [-0.1, -0.05) is 0 Å². The first-order valence-corrected chi connectivity index (χ1v) is 6.19. The first-order chi connectivity index (χ1) is 9.97. The van der Waals surface area contributed by atoms with E-state index in [9.17, 15) is 19.7 Å². The van der Waals surface area contributed by atoms with Crippen LogP contribution in [-0.4, -0.2) is 41.0 Å². The third-order valence-corrected chi connectivity index (χ3v) is 2.94. The zero-order valence-corrected chi connectivity index (χ0v) is 11.0. The van der Waals surface area contributed by atoms with E-state index in [0.717, 1.165) is 5.01 Å². The molecule has 0 aliphatic carbocycles. The van der Waals surface area contributed by atoms with Gasteiger partial charge in [-0.05, 0) is 12.1 Å². The summed E-state index contributed by atoms with van der Waals surface area (Å²) < 4.78 is 5.20. The maximum absolute atomic E-state index is 11.8. The lowest BCUT2D eigenvalue weighted by atomic mass is 10.2. The second-order valence-corrected chi connectivity index (χ2v) is 4.45. The number of nitrogens with one attached hydrogen (secondary N) is 1. The monoisotopic (exact) mass is 294 g/mol. The van der Waals surface area contributed by atoms with Crippen molar-refractivity contribution >= 4 is 23.2 Å². The number of hydrogen-bond acceptors (Lipinski definition) is 6. The van der Waals surface area contributed by atoms with Crippen molar-refractivity contribution in [2.45, 2.75) is 12.5 Å². The number of morpholine rings is 1. The Bertz CT molecular complexity index is 559. The van der Waals surface area contributed by atoms with Crippen molar-refractivity contribution in [3.63, 3.8) is 0 Å². The summed E-state index contributed by atoms with van der Waals surface area (Å²) in [6.07, 6.45) is -1.06. The number of carbonyl (C=O) groups is 2. The molecule has 2 amide bonds. The Kier molecular flexibility index (Phi) is 4.45. The predicted octanol–water partition coefficient (Wildman–Crippen LogP) is 0.0245. The standard InChI is InChI=1S/C12H14N4O5/c13-15-5-6-21-10(12(15)18)7-11(17)14-8-1-3-9(4-2-8)16(19)20/h1-4,10H,5-7,13H2,(H,14,17). The Morgan fingerprint density at radius 2 is 2.14 bits per heavy atom. The van der Waals surface area contributed by atoms with Gasteiger partial charge < -0.3 is 10.1 Å². The lowest BCUT2D eigenvalue weighted by molar-refractivity contribution is -0.384. The molecule has 0 aromatic heterocycles. The molecule has 1 heterocycles. The highest BCUT2D eigenvalue weighted by atomic mass is 16.6. The molecular formula is C12H14N4O5. The Balaban J connectivity index is 1.92. The van der Waals surface area contributed by atoms with Gasteiger partial charge in [0.1, 0.15) is 6.10 Å². The minimum atomic E-state index is -0.901. The van der Waals surface area contributed by atoms with Crippen LogP contribution in [0.5, 0.6) is 0 Å². The molecule has 9 heteroatoms. The van der Waals surface area contributed by atoms with Crippen molar-refractivity contribution in [1.82, 2.24) is 5.01 Å². The Labute approximate surface area is 119 Å². The summed E-state index contributed by atoms with van der Waals surface area (Å²) >= 11 is 0. The molecule has 1 aliphatic heterocycles. The molecule has 0 saturated carbocycles. The van der Waals surface area contributed by atoms with E-state index >= 15 is 0 Å². The lowest BCUT2D eigenvalue weighted by Crippen LogP contribution is -2.52. The first-order valence-electron chi connectivity index (χ1n) is 6.19. The number of anilines is 1. The highest BCUT2D eigenvalue weighted by Crippen LogP contribution is 2.16. The number of benzene rings is 1. The zero-order chi connectivity index (χ0) is 15.4. The molecule has 1 saturated heterocycles. The van der Waals surface area contributed by atoms with Crippen LogP contribution in [0, 0.1) is 10.1 Å². The van der Waals surface area contributed by atoms with Crippen molar-refractivity contribution in [3.8, 4) is 0 Å². The van der Waals surface area contributed by atoms with E-state index in [1.807, 2.05) is 0 Å². The number of hydrogen-bond donors (Lipinski definition) is 2. The molecule has 1 unspecified atom stereocenters. The fraction of sp³-hybridized carbons (Fsp3) is 0.333. The van der Waals surface area contributed by atoms with E-state index in [-0.39, 0.29) is 18.7 Å². The molecule has 2 rings (SSSR count). The molecule has 1 aromatic rings. The first kappa shape index (κ1) is 14.9. The van der Waals surface area contributed by atoms with Gasteiger partial charge in [0.25, 0.3) is 11.6 Å². The molecule has 9 nitrogen and oxygen atoms in total. The number of nitro benzene ring substituents is 1. The summed E-state index contributed by atoms with van der Waals surface area (Å²) in [7, 11) is 0. The Hall–Kier alpha value is -2.52. The van der Waals surface area contributed by atoms with E-state index in [1.165, 1.54) is 24.3 Å². The van der Waals surface area contributed by atoms with Gasteiger partial charge in [-0.15, -0.1) is 0 Å². The van der Waals surface area contributed by atoms with E-state index in [2.05, 4.69) is 5.32 Å². The molecule has 21 heavy (non-hydrogen) atoms. The fourth-order valence-electron chi connectivity index (χ4n) is 1.85. The Morgan fingerprint density at radius 3 is 2.76 bits per heavy atom. The number of rotatable bonds is 4. The fourth-order valence-corrected chi connectivity index (χ4v) is 1.85. The van der Waals surface area contributed by atoms with Gasteiger partial charge in [0, 0.05) is 17.8 Å². The number of hydrazine groups is 1. The maximum atomic E-state index is 11.8. The number of nitrogens with two attached hydrogens (primary N) is 1. The highest BCUT2D eigenvalue weighted by molar-refractivity contribution is 5.95. The van der Waals surface area contributed by atoms with Crippen LogP contribution in [0.3, 0.4) is 0 Å². The smallest absolute Gasteiger partial charge is 0.269 e. The van der Waals surface area contributed by atoms with Crippen molar-refractivity contribution in [2.24, 2.45) is 5.84 Å². The number of amides is 2. The summed E-state index contributed by atoms with van der Waals surface area (Å²) in [5, 5.41) is 14.1. The minimum absolute atomic E-state index is 0.0717. The van der Waals surface area contributed by atoms with E-state index < -0.39 is 22.8 Å². The van der Waals surface area contributed by atoms with Gasteiger partial charge in [-0.2, -0.15) is 0 Å². The van der Waals surface area contributed by atoms with Gasteiger partial charge in [-0.3, -0.25) is 24.7 Å². The van der Waals surface area contributed by atoms with Crippen LogP contribution in [0.25, 0.3) is 0 Å².